The maximum absolute atomic E-state index is 12.4. The molecule has 0 saturated heterocycles. The fourth-order valence-corrected chi connectivity index (χ4v) is 2.59. The Morgan fingerprint density at radius 3 is 2.84 bits per heavy atom. The van der Waals surface area contributed by atoms with Crippen LogP contribution < -0.4 is 4.74 Å². The highest BCUT2D eigenvalue weighted by atomic mass is 35.5. The molecular formula is C16H13ClO2. The lowest BCUT2D eigenvalue weighted by atomic mass is 10.00. The van der Waals surface area contributed by atoms with Crippen molar-refractivity contribution in [1.82, 2.24) is 0 Å². The van der Waals surface area contributed by atoms with Crippen molar-refractivity contribution in [3.63, 3.8) is 0 Å². The lowest BCUT2D eigenvalue weighted by Gasteiger charge is -2.05. The first kappa shape index (κ1) is 12.2. The Labute approximate surface area is 117 Å². The molecule has 1 aliphatic heterocycles. The monoisotopic (exact) mass is 272 g/mol. The zero-order valence-electron chi connectivity index (χ0n) is 10.5. The van der Waals surface area contributed by atoms with Gasteiger partial charge in [0.1, 0.15) is 11.9 Å². The second kappa shape index (κ2) is 4.71. The van der Waals surface area contributed by atoms with Gasteiger partial charge < -0.3 is 4.74 Å². The van der Waals surface area contributed by atoms with Crippen molar-refractivity contribution in [3.8, 4) is 5.75 Å². The van der Waals surface area contributed by atoms with Crippen molar-refractivity contribution in [2.45, 2.75) is 19.4 Å². The van der Waals surface area contributed by atoms with Gasteiger partial charge in [0.15, 0.2) is 5.78 Å². The van der Waals surface area contributed by atoms with Gasteiger partial charge in [0, 0.05) is 17.5 Å². The van der Waals surface area contributed by atoms with Crippen LogP contribution in [0.3, 0.4) is 0 Å². The SMILES string of the molecule is C[C@@H]1Cc2cc(C(=O)c3ccccc3Cl)ccc2O1. The smallest absolute Gasteiger partial charge is 0.194 e. The second-order valence-corrected chi connectivity index (χ2v) is 5.17. The van der Waals surface area contributed by atoms with Gasteiger partial charge in [-0.3, -0.25) is 4.79 Å². The zero-order valence-corrected chi connectivity index (χ0v) is 11.3. The molecule has 1 heterocycles. The van der Waals surface area contributed by atoms with E-state index in [1.807, 2.05) is 31.2 Å². The minimum Gasteiger partial charge on any atom is -0.490 e. The van der Waals surface area contributed by atoms with Gasteiger partial charge in [-0.25, -0.2) is 0 Å². The molecule has 96 valence electrons. The van der Waals surface area contributed by atoms with E-state index in [9.17, 15) is 4.79 Å². The Morgan fingerprint density at radius 1 is 1.26 bits per heavy atom. The molecule has 0 N–H and O–H groups in total. The van der Waals surface area contributed by atoms with Gasteiger partial charge in [-0.1, -0.05) is 23.7 Å². The summed E-state index contributed by atoms with van der Waals surface area (Å²) < 4.78 is 5.63. The molecule has 0 amide bonds. The molecule has 0 aromatic heterocycles. The molecule has 2 nitrogen and oxygen atoms in total. The van der Waals surface area contributed by atoms with E-state index in [0.29, 0.717) is 16.1 Å². The fraction of sp³-hybridized carbons (Fsp3) is 0.188. The van der Waals surface area contributed by atoms with Crippen LogP contribution in [0.4, 0.5) is 0 Å². The van der Waals surface area contributed by atoms with Gasteiger partial charge in [0.25, 0.3) is 0 Å². The molecule has 0 radical (unpaired) electrons. The molecule has 3 heteroatoms. The van der Waals surface area contributed by atoms with Crippen molar-refractivity contribution in [3.05, 3.63) is 64.2 Å². The minimum atomic E-state index is -0.0482. The zero-order chi connectivity index (χ0) is 13.4. The predicted molar refractivity (Wildman–Crippen MR) is 75.1 cm³/mol. The van der Waals surface area contributed by atoms with Crippen LogP contribution in [-0.4, -0.2) is 11.9 Å². The average molecular weight is 273 g/mol. The molecule has 3 rings (SSSR count). The number of ketones is 1. The molecule has 1 atom stereocenters. The van der Waals surface area contributed by atoms with E-state index in [4.69, 9.17) is 16.3 Å². The Morgan fingerprint density at radius 2 is 2.05 bits per heavy atom. The summed E-state index contributed by atoms with van der Waals surface area (Å²) in [5.41, 5.74) is 2.28. The average Bonchev–Trinajstić information content (AvgIpc) is 2.77. The van der Waals surface area contributed by atoms with Gasteiger partial charge in [0.05, 0.1) is 5.02 Å². The van der Waals surface area contributed by atoms with E-state index in [0.717, 1.165) is 17.7 Å². The normalized spacial score (nSPS) is 16.8. The predicted octanol–water partition coefficient (Wildman–Crippen LogP) is 3.89. The molecular weight excluding hydrogens is 260 g/mol. The number of carbonyl (C=O) groups is 1. The van der Waals surface area contributed by atoms with Crippen LogP contribution in [0, 0.1) is 0 Å². The van der Waals surface area contributed by atoms with E-state index in [-0.39, 0.29) is 11.9 Å². The molecule has 2 aromatic carbocycles. The lowest BCUT2D eigenvalue weighted by Crippen LogP contribution is -2.05. The quantitative estimate of drug-likeness (QED) is 0.775. The van der Waals surface area contributed by atoms with Crippen molar-refractivity contribution in [2.24, 2.45) is 0 Å². The highest BCUT2D eigenvalue weighted by Crippen LogP contribution is 2.30. The Balaban J connectivity index is 1.98. The van der Waals surface area contributed by atoms with Gasteiger partial charge >= 0.3 is 0 Å². The molecule has 0 bridgehead atoms. The number of ether oxygens (including phenoxy) is 1. The highest BCUT2D eigenvalue weighted by molar-refractivity contribution is 6.35. The van der Waals surface area contributed by atoms with Crippen molar-refractivity contribution in [1.29, 1.82) is 0 Å². The largest absolute Gasteiger partial charge is 0.490 e. The summed E-state index contributed by atoms with van der Waals surface area (Å²) in [7, 11) is 0. The summed E-state index contributed by atoms with van der Waals surface area (Å²) in [5, 5.41) is 0.484. The highest BCUT2D eigenvalue weighted by Gasteiger charge is 2.21. The number of hydrogen-bond acceptors (Lipinski definition) is 2. The topological polar surface area (TPSA) is 26.3 Å². The van der Waals surface area contributed by atoms with Crippen LogP contribution in [0.1, 0.15) is 28.4 Å². The van der Waals surface area contributed by atoms with Crippen LogP contribution >= 0.6 is 11.6 Å². The standard InChI is InChI=1S/C16H13ClO2/c1-10-8-12-9-11(6-7-15(12)19-10)16(18)13-4-2-3-5-14(13)17/h2-7,9-10H,8H2,1H3/t10-/m1/s1. The summed E-state index contributed by atoms with van der Waals surface area (Å²) in [6, 6.07) is 12.7. The third-order valence-corrected chi connectivity index (χ3v) is 3.61. The van der Waals surface area contributed by atoms with Crippen molar-refractivity contribution < 1.29 is 9.53 Å². The number of carbonyl (C=O) groups excluding carboxylic acids is 1. The first-order chi connectivity index (χ1) is 9.15. The van der Waals surface area contributed by atoms with Gasteiger partial charge in [0.2, 0.25) is 0 Å². The summed E-state index contributed by atoms with van der Waals surface area (Å²) in [5.74, 6) is 0.830. The molecule has 0 saturated carbocycles. The number of hydrogen-bond donors (Lipinski definition) is 0. The molecule has 0 fully saturated rings. The Hall–Kier alpha value is -1.80. The van der Waals surface area contributed by atoms with E-state index in [1.54, 1.807) is 18.2 Å². The molecule has 0 aliphatic carbocycles. The van der Waals surface area contributed by atoms with Gasteiger partial charge in [-0.15, -0.1) is 0 Å². The van der Waals surface area contributed by atoms with E-state index in [2.05, 4.69) is 0 Å². The van der Waals surface area contributed by atoms with Gasteiger partial charge in [-0.2, -0.15) is 0 Å². The number of rotatable bonds is 2. The lowest BCUT2D eigenvalue weighted by molar-refractivity contribution is 0.103. The Kier molecular flexibility index (Phi) is 3.03. The fourth-order valence-electron chi connectivity index (χ4n) is 2.36. The molecule has 2 aromatic rings. The first-order valence-corrected chi connectivity index (χ1v) is 6.62. The van der Waals surface area contributed by atoms with Gasteiger partial charge in [-0.05, 0) is 42.8 Å². The number of benzene rings is 2. The molecule has 0 spiro atoms. The maximum atomic E-state index is 12.4. The summed E-state index contributed by atoms with van der Waals surface area (Å²) in [6.07, 6.45) is 1.03. The first-order valence-electron chi connectivity index (χ1n) is 6.24. The molecule has 19 heavy (non-hydrogen) atoms. The Bertz CT molecular complexity index is 649. The minimum absolute atomic E-state index is 0.0482. The van der Waals surface area contributed by atoms with E-state index in [1.165, 1.54) is 0 Å². The van der Waals surface area contributed by atoms with E-state index < -0.39 is 0 Å². The van der Waals surface area contributed by atoms with Crippen LogP contribution in [0.25, 0.3) is 0 Å². The number of halogens is 1. The third kappa shape index (κ3) is 2.24. The summed E-state index contributed by atoms with van der Waals surface area (Å²) in [6.45, 7) is 2.02. The summed E-state index contributed by atoms with van der Waals surface area (Å²) in [4.78, 5) is 12.4. The second-order valence-electron chi connectivity index (χ2n) is 4.76. The van der Waals surface area contributed by atoms with E-state index >= 15 is 0 Å². The molecule has 0 unspecified atom stereocenters. The molecule has 1 aliphatic rings. The number of fused-ring (bicyclic) bond motifs is 1. The summed E-state index contributed by atoms with van der Waals surface area (Å²) >= 11 is 6.06. The third-order valence-electron chi connectivity index (χ3n) is 3.28. The van der Waals surface area contributed by atoms with Crippen molar-refractivity contribution in [2.75, 3.05) is 0 Å². The van der Waals surface area contributed by atoms with Crippen LogP contribution in [-0.2, 0) is 6.42 Å². The maximum Gasteiger partial charge on any atom is 0.194 e. The van der Waals surface area contributed by atoms with Crippen molar-refractivity contribution >= 4 is 17.4 Å². The van der Waals surface area contributed by atoms with Crippen LogP contribution in [0.5, 0.6) is 5.75 Å². The van der Waals surface area contributed by atoms with Crippen LogP contribution in [0.15, 0.2) is 42.5 Å². The van der Waals surface area contributed by atoms with Crippen LogP contribution in [0.2, 0.25) is 5.02 Å².